The first-order valence-electron chi connectivity index (χ1n) is 3.58. The van der Waals surface area contributed by atoms with E-state index in [0.717, 1.165) is 6.20 Å². The van der Waals surface area contributed by atoms with Crippen LogP contribution in [-0.4, -0.2) is 11.3 Å². The summed E-state index contributed by atoms with van der Waals surface area (Å²) in [6, 6.07) is 0. The van der Waals surface area contributed by atoms with Crippen molar-refractivity contribution < 1.29 is 13.6 Å². The van der Waals surface area contributed by atoms with Gasteiger partial charge < -0.3 is 0 Å². The Kier molecular flexibility index (Phi) is 3.95. The van der Waals surface area contributed by atoms with Crippen LogP contribution >= 0.6 is 27.5 Å². The molecule has 2 nitrogen and oxygen atoms in total. The van der Waals surface area contributed by atoms with E-state index in [1.165, 1.54) is 0 Å². The molecule has 0 saturated heterocycles. The van der Waals surface area contributed by atoms with Crippen molar-refractivity contribution in [3.8, 4) is 0 Å². The summed E-state index contributed by atoms with van der Waals surface area (Å²) < 4.78 is 24.8. The second-order valence-electron chi connectivity index (χ2n) is 2.44. The van der Waals surface area contributed by atoms with Crippen molar-refractivity contribution in [3.05, 3.63) is 27.5 Å². The van der Waals surface area contributed by atoms with E-state index in [9.17, 15) is 13.6 Å². The van der Waals surface area contributed by atoms with E-state index in [4.69, 9.17) is 11.6 Å². The van der Waals surface area contributed by atoms with Crippen LogP contribution in [0.1, 0.15) is 28.0 Å². The molecule has 76 valence electrons. The van der Waals surface area contributed by atoms with Gasteiger partial charge in [0.2, 0.25) is 0 Å². The smallest absolute Gasteiger partial charge is 0.281 e. The van der Waals surface area contributed by atoms with Gasteiger partial charge in [-0.3, -0.25) is 9.78 Å². The minimum absolute atomic E-state index is 0.0170. The number of halogens is 4. The van der Waals surface area contributed by atoms with Crippen LogP contribution in [0.4, 0.5) is 8.78 Å². The summed E-state index contributed by atoms with van der Waals surface area (Å²) in [5.41, 5.74) is 0.162. The number of nitrogens with zero attached hydrogens (tertiary/aromatic N) is 1. The minimum Gasteiger partial charge on any atom is -0.298 e. The molecule has 0 bridgehead atoms. The van der Waals surface area contributed by atoms with Crippen molar-refractivity contribution in [1.29, 1.82) is 0 Å². The predicted molar refractivity (Wildman–Crippen MR) is 51.8 cm³/mol. The Balaban J connectivity index is 3.34. The summed E-state index contributed by atoms with van der Waals surface area (Å²) in [7, 11) is 0. The fraction of sp³-hybridized carbons (Fsp3) is 0.250. The van der Waals surface area contributed by atoms with Gasteiger partial charge in [0.15, 0.2) is 6.29 Å². The van der Waals surface area contributed by atoms with Crippen LogP contribution in [0.5, 0.6) is 0 Å². The van der Waals surface area contributed by atoms with Gasteiger partial charge in [0.05, 0.1) is 4.47 Å². The van der Waals surface area contributed by atoms with Crippen molar-refractivity contribution in [2.24, 2.45) is 0 Å². The van der Waals surface area contributed by atoms with E-state index in [1.807, 2.05) is 0 Å². The van der Waals surface area contributed by atoms with E-state index < -0.39 is 12.1 Å². The van der Waals surface area contributed by atoms with Crippen LogP contribution in [-0.2, 0) is 5.88 Å². The molecule has 1 aromatic heterocycles. The fourth-order valence-corrected chi connectivity index (χ4v) is 2.04. The zero-order chi connectivity index (χ0) is 10.7. The second-order valence-corrected chi connectivity index (χ2v) is 3.50. The molecular formula is C8H5BrClF2NO. The molecule has 0 atom stereocenters. The Labute approximate surface area is 92.4 Å². The molecule has 1 aromatic rings. The zero-order valence-corrected chi connectivity index (χ0v) is 9.15. The lowest BCUT2D eigenvalue weighted by Gasteiger charge is -2.08. The number of rotatable bonds is 3. The van der Waals surface area contributed by atoms with Crippen molar-refractivity contribution in [1.82, 2.24) is 4.98 Å². The summed E-state index contributed by atoms with van der Waals surface area (Å²) in [5.74, 6) is -0.0170. The van der Waals surface area contributed by atoms with E-state index >= 15 is 0 Å². The summed E-state index contributed by atoms with van der Waals surface area (Å²) in [4.78, 5) is 14.0. The highest BCUT2D eigenvalue weighted by atomic mass is 79.9. The Morgan fingerprint density at radius 2 is 2.29 bits per heavy atom. The van der Waals surface area contributed by atoms with Crippen molar-refractivity contribution >= 4 is 33.8 Å². The van der Waals surface area contributed by atoms with Crippen molar-refractivity contribution in [3.63, 3.8) is 0 Å². The maximum atomic E-state index is 12.4. The molecule has 0 saturated carbocycles. The van der Waals surface area contributed by atoms with E-state index in [-0.39, 0.29) is 15.9 Å². The first kappa shape index (κ1) is 11.5. The molecule has 6 heteroatoms. The Morgan fingerprint density at radius 1 is 1.64 bits per heavy atom. The van der Waals surface area contributed by atoms with Gasteiger partial charge in [0.25, 0.3) is 6.43 Å². The molecule has 0 amide bonds. The van der Waals surface area contributed by atoms with Gasteiger partial charge in [0, 0.05) is 17.6 Å². The number of aldehydes is 1. The molecule has 0 aliphatic carbocycles. The Morgan fingerprint density at radius 3 is 2.71 bits per heavy atom. The van der Waals surface area contributed by atoms with Gasteiger partial charge in [0.1, 0.15) is 5.69 Å². The van der Waals surface area contributed by atoms with Crippen molar-refractivity contribution in [2.45, 2.75) is 12.3 Å². The minimum atomic E-state index is -2.69. The molecule has 0 aliphatic heterocycles. The number of aromatic nitrogens is 1. The van der Waals surface area contributed by atoms with Gasteiger partial charge >= 0.3 is 0 Å². The van der Waals surface area contributed by atoms with Gasteiger partial charge in [-0.25, -0.2) is 8.78 Å². The molecule has 0 aromatic carbocycles. The number of alkyl halides is 3. The number of hydrogen-bond acceptors (Lipinski definition) is 2. The molecule has 14 heavy (non-hydrogen) atoms. The maximum Gasteiger partial charge on any atom is 0.281 e. The van der Waals surface area contributed by atoms with Crippen LogP contribution < -0.4 is 0 Å². The maximum absolute atomic E-state index is 12.4. The van der Waals surface area contributed by atoms with E-state index in [1.54, 1.807) is 0 Å². The fourth-order valence-electron chi connectivity index (χ4n) is 0.945. The molecule has 0 unspecified atom stereocenters. The topological polar surface area (TPSA) is 30.0 Å². The monoisotopic (exact) mass is 283 g/mol. The molecule has 0 fully saturated rings. The van der Waals surface area contributed by atoms with Gasteiger partial charge in [-0.05, 0) is 21.5 Å². The highest BCUT2D eigenvalue weighted by Gasteiger charge is 2.18. The van der Waals surface area contributed by atoms with Crippen LogP contribution in [0.2, 0.25) is 0 Å². The molecule has 0 radical (unpaired) electrons. The van der Waals surface area contributed by atoms with Crippen LogP contribution in [0.15, 0.2) is 10.7 Å². The third-order valence-electron chi connectivity index (χ3n) is 1.65. The number of hydrogen-bond donors (Lipinski definition) is 0. The number of carbonyl (C=O) groups is 1. The van der Waals surface area contributed by atoms with Crippen molar-refractivity contribution in [2.75, 3.05) is 0 Å². The number of carbonyl (C=O) groups excluding carboxylic acids is 1. The first-order chi connectivity index (χ1) is 6.61. The van der Waals surface area contributed by atoms with E-state index in [2.05, 4.69) is 20.9 Å². The molecule has 0 spiro atoms. The molecule has 1 heterocycles. The number of pyridine rings is 1. The van der Waals surface area contributed by atoms with Gasteiger partial charge in [-0.2, -0.15) is 0 Å². The van der Waals surface area contributed by atoms with Gasteiger partial charge in [-0.15, -0.1) is 11.6 Å². The summed E-state index contributed by atoms with van der Waals surface area (Å²) in [6.07, 6.45) is -1.06. The zero-order valence-electron chi connectivity index (χ0n) is 6.81. The lowest BCUT2D eigenvalue weighted by molar-refractivity contribution is 0.112. The highest BCUT2D eigenvalue weighted by molar-refractivity contribution is 9.10. The Bertz CT molecular complexity index is 359. The third kappa shape index (κ3) is 2.09. The third-order valence-corrected chi connectivity index (χ3v) is 2.80. The second kappa shape index (κ2) is 4.79. The normalized spacial score (nSPS) is 10.6. The Hall–Kier alpha value is -0.550. The molecule has 1 rings (SSSR count). The standard InChI is InChI=1S/C8H5BrClF2NO/c9-6-5(1-10)4(3-14)2-13-7(6)8(11)12/h2-3,8H,1H2. The quantitative estimate of drug-likeness (QED) is 0.629. The van der Waals surface area contributed by atoms with Crippen LogP contribution in [0, 0.1) is 0 Å². The average Bonchev–Trinajstić information content (AvgIpc) is 2.16. The lowest BCUT2D eigenvalue weighted by Crippen LogP contribution is -2.00. The summed E-state index contributed by atoms with van der Waals surface area (Å²) in [6.45, 7) is 0. The SMILES string of the molecule is O=Cc1cnc(C(F)F)c(Br)c1CCl. The first-order valence-corrected chi connectivity index (χ1v) is 4.91. The molecular weight excluding hydrogens is 279 g/mol. The summed E-state index contributed by atoms with van der Waals surface area (Å²) in [5, 5.41) is 0. The van der Waals surface area contributed by atoms with Crippen LogP contribution in [0.25, 0.3) is 0 Å². The summed E-state index contributed by atoms with van der Waals surface area (Å²) >= 11 is 8.48. The largest absolute Gasteiger partial charge is 0.298 e. The predicted octanol–water partition coefficient (Wildman–Crippen LogP) is 3.33. The van der Waals surface area contributed by atoms with Gasteiger partial charge in [-0.1, -0.05) is 0 Å². The lowest BCUT2D eigenvalue weighted by atomic mass is 10.1. The average molecular weight is 284 g/mol. The highest BCUT2D eigenvalue weighted by Crippen LogP contribution is 2.30. The van der Waals surface area contributed by atoms with E-state index in [0.29, 0.717) is 11.8 Å². The molecule has 0 N–H and O–H groups in total. The van der Waals surface area contributed by atoms with Crippen LogP contribution in [0.3, 0.4) is 0 Å². The molecule has 0 aliphatic rings.